The van der Waals surface area contributed by atoms with E-state index in [1.165, 1.54) is 10.7 Å². The maximum absolute atomic E-state index is 13.8. The Hall–Kier alpha value is -1.46. The molecule has 1 aromatic heterocycles. The number of rotatable bonds is 5. The van der Waals surface area contributed by atoms with Crippen molar-refractivity contribution in [1.29, 1.82) is 0 Å². The Balaban J connectivity index is 2.10. The Kier molecular flexibility index (Phi) is 4.50. The summed E-state index contributed by atoms with van der Waals surface area (Å²) < 4.78 is 15.2. The van der Waals surface area contributed by atoms with Gasteiger partial charge in [0.05, 0.1) is 16.9 Å². The Bertz CT molecular complexity index is 553. The van der Waals surface area contributed by atoms with Gasteiger partial charge in [-0.3, -0.25) is 0 Å². The largest absolute Gasteiger partial charge is 0.311 e. The van der Waals surface area contributed by atoms with Crippen LogP contribution in [0.2, 0.25) is 5.02 Å². The first kappa shape index (κ1) is 14.0. The van der Waals surface area contributed by atoms with E-state index in [4.69, 9.17) is 11.6 Å². The van der Waals surface area contributed by atoms with Crippen molar-refractivity contribution in [3.05, 3.63) is 40.9 Å². The van der Waals surface area contributed by atoms with Gasteiger partial charge in [-0.15, -0.1) is 5.10 Å². The summed E-state index contributed by atoms with van der Waals surface area (Å²) in [6.45, 7) is 5.77. The molecule has 0 fully saturated rings. The minimum absolute atomic E-state index is 0.0764. The van der Waals surface area contributed by atoms with E-state index in [1.54, 1.807) is 18.3 Å². The first-order chi connectivity index (χ1) is 9.08. The number of nitrogens with one attached hydrogen (secondary N) is 1. The number of benzene rings is 1. The standard InChI is InChI=1S/C13H16ClFN4/c1-9(2)6-16-7-10-8-19(18-17-10)12-5-3-4-11(14)13(12)15/h3-5,8-9,16H,6-7H2,1-2H3. The number of hydrogen-bond acceptors (Lipinski definition) is 3. The zero-order valence-corrected chi connectivity index (χ0v) is 11.7. The van der Waals surface area contributed by atoms with Crippen molar-refractivity contribution in [2.75, 3.05) is 6.54 Å². The second-order valence-corrected chi connectivity index (χ2v) is 5.16. The third-order valence-electron chi connectivity index (χ3n) is 2.58. The van der Waals surface area contributed by atoms with Crippen molar-refractivity contribution in [2.24, 2.45) is 5.92 Å². The van der Waals surface area contributed by atoms with Crippen LogP contribution in [-0.4, -0.2) is 21.5 Å². The van der Waals surface area contributed by atoms with E-state index < -0.39 is 5.82 Å². The number of aromatic nitrogens is 3. The molecule has 0 aliphatic rings. The second-order valence-electron chi connectivity index (χ2n) is 4.75. The van der Waals surface area contributed by atoms with Crippen molar-refractivity contribution >= 4 is 11.6 Å². The molecule has 0 radical (unpaired) electrons. The van der Waals surface area contributed by atoms with Gasteiger partial charge >= 0.3 is 0 Å². The van der Waals surface area contributed by atoms with Gasteiger partial charge in [0.2, 0.25) is 0 Å². The lowest BCUT2D eigenvalue weighted by atomic mass is 10.2. The molecule has 2 rings (SSSR count). The highest BCUT2D eigenvalue weighted by molar-refractivity contribution is 6.30. The molecule has 1 N–H and O–H groups in total. The molecule has 0 atom stereocenters. The molecule has 6 heteroatoms. The number of halogens is 2. The molecule has 2 aromatic rings. The molecule has 0 bridgehead atoms. The normalized spacial score (nSPS) is 11.2. The van der Waals surface area contributed by atoms with Gasteiger partial charge in [0, 0.05) is 6.54 Å². The molecule has 0 saturated heterocycles. The van der Waals surface area contributed by atoms with E-state index in [-0.39, 0.29) is 5.02 Å². The maximum Gasteiger partial charge on any atom is 0.167 e. The van der Waals surface area contributed by atoms with E-state index in [2.05, 4.69) is 29.5 Å². The van der Waals surface area contributed by atoms with Crippen LogP contribution in [0.1, 0.15) is 19.5 Å². The average molecular weight is 283 g/mol. The monoisotopic (exact) mass is 282 g/mol. The predicted molar refractivity (Wildman–Crippen MR) is 72.9 cm³/mol. The number of hydrogen-bond donors (Lipinski definition) is 1. The van der Waals surface area contributed by atoms with Crippen molar-refractivity contribution < 1.29 is 4.39 Å². The fraction of sp³-hybridized carbons (Fsp3) is 0.385. The minimum atomic E-state index is -0.490. The molecule has 0 saturated carbocycles. The summed E-state index contributed by atoms with van der Waals surface area (Å²) in [7, 11) is 0. The van der Waals surface area contributed by atoms with Crippen LogP contribution in [0.15, 0.2) is 24.4 Å². The van der Waals surface area contributed by atoms with Crippen LogP contribution in [0.4, 0.5) is 4.39 Å². The molecule has 4 nitrogen and oxygen atoms in total. The topological polar surface area (TPSA) is 42.7 Å². The van der Waals surface area contributed by atoms with E-state index >= 15 is 0 Å². The lowest BCUT2D eigenvalue weighted by molar-refractivity contribution is 0.548. The minimum Gasteiger partial charge on any atom is -0.311 e. The van der Waals surface area contributed by atoms with E-state index in [1.807, 2.05) is 0 Å². The molecule has 1 aromatic carbocycles. The zero-order chi connectivity index (χ0) is 13.8. The van der Waals surface area contributed by atoms with Gasteiger partial charge in [0.1, 0.15) is 5.69 Å². The fourth-order valence-corrected chi connectivity index (χ4v) is 1.82. The Morgan fingerprint density at radius 1 is 1.42 bits per heavy atom. The molecule has 0 amide bonds. The lowest BCUT2D eigenvalue weighted by Crippen LogP contribution is -2.19. The highest BCUT2D eigenvalue weighted by Crippen LogP contribution is 2.20. The van der Waals surface area contributed by atoms with Gasteiger partial charge < -0.3 is 5.32 Å². The third kappa shape index (κ3) is 3.52. The van der Waals surface area contributed by atoms with E-state index in [0.717, 1.165) is 12.2 Å². The summed E-state index contributed by atoms with van der Waals surface area (Å²) in [6.07, 6.45) is 1.70. The smallest absolute Gasteiger partial charge is 0.167 e. The Morgan fingerprint density at radius 2 is 2.21 bits per heavy atom. The van der Waals surface area contributed by atoms with Crippen LogP contribution in [-0.2, 0) is 6.54 Å². The van der Waals surface area contributed by atoms with Crippen LogP contribution in [0.25, 0.3) is 5.69 Å². The third-order valence-corrected chi connectivity index (χ3v) is 2.87. The lowest BCUT2D eigenvalue weighted by Gasteiger charge is -2.04. The van der Waals surface area contributed by atoms with Crippen LogP contribution in [0.3, 0.4) is 0 Å². The van der Waals surface area contributed by atoms with Crippen LogP contribution in [0.5, 0.6) is 0 Å². The van der Waals surface area contributed by atoms with Crippen LogP contribution < -0.4 is 5.32 Å². The summed E-state index contributed by atoms with van der Waals surface area (Å²) >= 11 is 5.74. The van der Waals surface area contributed by atoms with Crippen molar-refractivity contribution in [3.63, 3.8) is 0 Å². The second kappa shape index (κ2) is 6.12. The van der Waals surface area contributed by atoms with Gasteiger partial charge in [-0.1, -0.05) is 36.7 Å². The van der Waals surface area contributed by atoms with Gasteiger partial charge in [0.25, 0.3) is 0 Å². The van der Waals surface area contributed by atoms with Crippen molar-refractivity contribution in [1.82, 2.24) is 20.3 Å². The van der Waals surface area contributed by atoms with Crippen molar-refractivity contribution in [2.45, 2.75) is 20.4 Å². The zero-order valence-electron chi connectivity index (χ0n) is 10.9. The average Bonchev–Trinajstić information content (AvgIpc) is 2.81. The SMILES string of the molecule is CC(C)CNCc1cn(-c2cccc(Cl)c2F)nn1. The maximum atomic E-state index is 13.8. The molecule has 1 heterocycles. The van der Waals surface area contributed by atoms with Gasteiger partial charge in [-0.05, 0) is 24.6 Å². The molecule has 0 aliphatic heterocycles. The van der Waals surface area contributed by atoms with Gasteiger partial charge in [0.15, 0.2) is 5.82 Å². The number of nitrogens with zero attached hydrogens (tertiary/aromatic N) is 3. The molecule has 0 spiro atoms. The fourth-order valence-electron chi connectivity index (χ4n) is 1.66. The summed E-state index contributed by atoms with van der Waals surface area (Å²) in [5.41, 5.74) is 1.06. The first-order valence-electron chi connectivity index (χ1n) is 6.14. The summed E-state index contributed by atoms with van der Waals surface area (Å²) in [6, 6.07) is 4.79. The highest BCUT2D eigenvalue weighted by Gasteiger charge is 2.10. The summed E-state index contributed by atoms with van der Waals surface area (Å²) in [5, 5.41) is 11.2. The van der Waals surface area contributed by atoms with E-state index in [9.17, 15) is 4.39 Å². The molecule has 0 unspecified atom stereocenters. The van der Waals surface area contributed by atoms with Crippen molar-refractivity contribution in [3.8, 4) is 5.69 Å². The molecule has 19 heavy (non-hydrogen) atoms. The van der Waals surface area contributed by atoms with Crippen LogP contribution in [0, 0.1) is 11.7 Å². The predicted octanol–water partition coefficient (Wildman–Crippen LogP) is 2.81. The van der Waals surface area contributed by atoms with Gasteiger partial charge in [-0.25, -0.2) is 9.07 Å². The Labute approximate surface area is 116 Å². The molecule has 0 aliphatic carbocycles. The van der Waals surface area contributed by atoms with E-state index in [0.29, 0.717) is 18.2 Å². The Morgan fingerprint density at radius 3 is 2.95 bits per heavy atom. The molecular formula is C13H16ClFN4. The molecular weight excluding hydrogens is 267 g/mol. The first-order valence-corrected chi connectivity index (χ1v) is 6.52. The highest BCUT2D eigenvalue weighted by atomic mass is 35.5. The quantitative estimate of drug-likeness (QED) is 0.917. The summed E-state index contributed by atoms with van der Waals surface area (Å²) in [4.78, 5) is 0. The van der Waals surface area contributed by atoms with Crippen LogP contribution >= 0.6 is 11.6 Å². The van der Waals surface area contributed by atoms with Gasteiger partial charge in [-0.2, -0.15) is 0 Å². The summed E-state index contributed by atoms with van der Waals surface area (Å²) in [5.74, 6) is 0.0798. The molecule has 102 valence electrons.